The lowest BCUT2D eigenvalue weighted by molar-refractivity contribution is 1.14. The Morgan fingerprint density at radius 2 is 2.12 bits per heavy atom. The van der Waals surface area contributed by atoms with E-state index in [-0.39, 0.29) is 0 Å². The number of rotatable bonds is 4. The van der Waals surface area contributed by atoms with Gasteiger partial charge in [-0.25, -0.2) is 4.98 Å². The summed E-state index contributed by atoms with van der Waals surface area (Å²) in [6.07, 6.45) is 1.04. The topological polar surface area (TPSA) is 49.8 Å². The Hall–Kier alpha value is -1.36. The minimum absolute atomic E-state index is 0.674. The number of aromatic nitrogens is 2. The number of hydrogen-bond donors (Lipinski definition) is 2. The largest absolute Gasteiger partial charge is 0.370 e. The Kier molecular flexibility index (Phi) is 3.24. The van der Waals surface area contributed by atoms with Gasteiger partial charge in [-0.2, -0.15) is 4.98 Å². The molecule has 86 valence electrons. The molecule has 0 radical (unpaired) electrons. The molecular weight excluding hydrogens is 220 g/mol. The molecule has 0 unspecified atom stereocenters. The van der Waals surface area contributed by atoms with E-state index in [1.165, 1.54) is 4.88 Å². The van der Waals surface area contributed by atoms with E-state index in [0.717, 1.165) is 29.0 Å². The van der Waals surface area contributed by atoms with Crippen LogP contribution in [0.15, 0.2) is 6.07 Å². The monoisotopic (exact) mass is 236 g/mol. The highest BCUT2D eigenvalue weighted by molar-refractivity contribution is 7.18. The highest BCUT2D eigenvalue weighted by Gasteiger charge is 2.09. The van der Waals surface area contributed by atoms with Crippen molar-refractivity contribution < 1.29 is 0 Å². The van der Waals surface area contributed by atoms with Crippen molar-refractivity contribution in [3.8, 4) is 0 Å². The molecule has 0 atom stereocenters. The molecule has 2 heterocycles. The second-order valence-corrected chi connectivity index (χ2v) is 4.58. The fourth-order valence-corrected chi connectivity index (χ4v) is 2.53. The van der Waals surface area contributed by atoms with E-state index >= 15 is 0 Å². The fraction of sp³-hybridized carbons (Fsp3) is 0.455. The minimum atomic E-state index is 0.674. The molecule has 0 bridgehead atoms. The number of fused-ring (bicyclic) bond motifs is 1. The van der Waals surface area contributed by atoms with Crippen molar-refractivity contribution in [1.29, 1.82) is 0 Å². The summed E-state index contributed by atoms with van der Waals surface area (Å²) in [5.74, 6) is 1.60. The molecule has 0 aliphatic rings. The van der Waals surface area contributed by atoms with Crippen molar-refractivity contribution in [2.45, 2.75) is 20.3 Å². The van der Waals surface area contributed by atoms with Gasteiger partial charge in [-0.3, -0.25) is 0 Å². The van der Waals surface area contributed by atoms with E-state index in [1.807, 2.05) is 7.05 Å². The third-order valence-corrected chi connectivity index (χ3v) is 3.53. The van der Waals surface area contributed by atoms with Crippen molar-refractivity contribution in [3.63, 3.8) is 0 Å². The van der Waals surface area contributed by atoms with Crippen LogP contribution in [-0.4, -0.2) is 23.6 Å². The van der Waals surface area contributed by atoms with Gasteiger partial charge in [0.15, 0.2) is 0 Å². The summed E-state index contributed by atoms with van der Waals surface area (Å²) in [6, 6.07) is 2.18. The molecule has 0 aliphatic carbocycles. The zero-order valence-electron chi connectivity index (χ0n) is 9.79. The zero-order chi connectivity index (χ0) is 11.5. The maximum atomic E-state index is 4.46. The molecular formula is C11H16N4S. The van der Waals surface area contributed by atoms with Gasteiger partial charge in [0.1, 0.15) is 10.6 Å². The van der Waals surface area contributed by atoms with Crippen LogP contribution < -0.4 is 10.6 Å². The molecule has 2 aromatic rings. The first-order valence-electron chi connectivity index (χ1n) is 5.50. The fourth-order valence-electron chi connectivity index (χ4n) is 1.56. The van der Waals surface area contributed by atoms with Crippen molar-refractivity contribution in [1.82, 2.24) is 9.97 Å². The second kappa shape index (κ2) is 4.65. The highest BCUT2D eigenvalue weighted by atomic mass is 32.1. The van der Waals surface area contributed by atoms with Crippen LogP contribution in [0.25, 0.3) is 10.2 Å². The van der Waals surface area contributed by atoms with Crippen LogP contribution in [0, 0.1) is 0 Å². The number of nitrogens with zero attached hydrogens (tertiary/aromatic N) is 2. The summed E-state index contributed by atoms with van der Waals surface area (Å²) in [6.45, 7) is 5.09. The van der Waals surface area contributed by atoms with Gasteiger partial charge in [0, 0.05) is 18.5 Å². The van der Waals surface area contributed by atoms with Crippen LogP contribution in [0.4, 0.5) is 11.8 Å². The van der Waals surface area contributed by atoms with Gasteiger partial charge in [0.05, 0.1) is 5.39 Å². The van der Waals surface area contributed by atoms with Gasteiger partial charge in [-0.1, -0.05) is 6.92 Å². The molecule has 5 heteroatoms. The average Bonchev–Trinajstić information content (AvgIpc) is 2.72. The number of nitrogens with one attached hydrogen (secondary N) is 2. The summed E-state index contributed by atoms with van der Waals surface area (Å²) >= 11 is 1.74. The lowest BCUT2D eigenvalue weighted by atomic mass is 10.3. The van der Waals surface area contributed by atoms with E-state index in [0.29, 0.717) is 5.95 Å². The Balaban J connectivity index is 2.59. The SMILES string of the molecule is CCNc1nc(NC)nc2sc(CC)cc12. The Morgan fingerprint density at radius 3 is 2.75 bits per heavy atom. The van der Waals surface area contributed by atoms with Crippen LogP contribution in [0.1, 0.15) is 18.7 Å². The third-order valence-electron chi connectivity index (χ3n) is 2.36. The van der Waals surface area contributed by atoms with Gasteiger partial charge < -0.3 is 10.6 Å². The molecule has 2 N–H and O–H groups in total. The van der Waals surface area contributed by atoms with Gasteiger partial charge in [-0.05, 0) is 19.4 Å². The molecule has 16 heavy (non-hydrogen) atoms. The van der Waals surface area contributed by atoms with Crippen molar-refractivity contribution in [2.24, 2.45) is 0 Å². The summed E-state index contributed by atoms with van der Waals surface area (Å²) in [7, 11) is 1.84. The first-order valence-corrected chi connectivity index (χ1v) is 6.32. The zero-order valence-corrected chi connectivity index (χ0v) is 10.6. The first kappa shape index (κ1) is 11.1. The van der Waals surface area contributed by atoms with E-state index in [2.05, 4.69) is 40.5 Å². The van der Waals surface area contributed by atoms with Crippen LogP contribution in [0.2, 0.25) is 0 Å². The van der Waals surface area contributed by atoms with Crippen LogP contribution in [0.5, 0.6) is 0 Å². The third kappa shape index (κ3) is 1.95. The van der Waals surface area contributed by atoms with E-state index in [1.54, 1.807) is 11.3 Å². The van der Waals surface area contributed by atoms with Gasteiger partial charge in [0.25, 0.3) is 0 Å². The normalized spacial score (nSPS) is 10.7. The predicted molar refractivity (Wildman–Crippen MR) is 70.5 cm³/mol. The van der Waals surface area contributed by atoms with Gasteiger partial charge in [0.2, 0.25) is 5.95 Å². The number of aryl methyl sites for hydroxylation is 1. The summed E-state index contributed by atoms with van der Waals surface area (Å²) in [5.41, 5.74) is 0. The summed E-state index contributed by atoms with van der Waals surface area (Å²) in [4.78, 5) is 11.3. The molecule has 4 nitrogen and oxygen atoms in total. The van der Waals surface area contributed by atoms with Crippen LogP contribution in [-0.2, 0) is 6.42 Å². The molecule has 0 saturated carbocycles. The maximum absolute atomic E-state index is 4.46. The number of anilines is 2. The Morgan fingerprint density at radius 1 is 1.31 bits per heavy atom. The Bertz CT molecular complexity index is 492. The summed E-state index contributed by atoms with van der Waals surface area (Å²) < 4.78 is 0. The first-order chi connectivity index (χ1) is 7.78. The van der Waals surface area contributed by atoms with Crippen LogP contribution >= 0.6 is 11.3 Å². The average molecular weight is 236 g/mol. The molecule has 0 aromatic carbocycles. The molecule has 2 aromatic heterocycles. The van der Waals surface area contributed by atoms with Crippen molar-refractivity contribution in [2.75, 3.05) is 24.2 Å². The number of thiophene rings is 1. The second-order valence-electron chi connectivity index (χ2n) is 3.46. The highest BCUT2D eigenvalue weighted by Crippen LogP contribution is 2.30. The maximum Gasteiger partial charge on any atom is 0.225 e. The molecule has 0 aliphatic heterocycles. The number of hydrogen-bond acceptors (Lipinski definition) is 5. The quantitative estimate of drug-likeness (QED) is 0.857. The van der Waals surface area contributed by atoms with E-state index in [4.69, 9.17) is 0 Å². The minimum Gasteiger partial charge on any atom is -0.370 e. The molecule has 0 amide bonds. The van der Waals surface area contributed by atoms with Gasteiger partial charge in [-0.15, -0.1) is 11.3 Å². The van der Waals surface area contributed by atoms with Crippen LogP contribution in [0.3, 0.4) is 0 Å². The van der Waals surface area contributed by atoms with Gasteiger partial charge >= 0.3 is 0 Å². The summed E-state index contributed by atoms with van der Waals surface area (Å²) in [5, 5.41) is 7.40. The smallest absolute Gasteiger partial charge is 0.225 e. The molecule has 0 fully saturated rings. The molecule has 0 saturated heterocycles. The Labute approximate surface area is 99.1 Å². The lowest BCUT2D eigenvalue weighted by Gasteiger charge is -2.05. The molecule has 0 spiro atoms. The predicted octanol–water partition coefficient (Wildman–Crippen LogP) is 2.73. The van der Waals surface area contributed by atoms with E-state index < -0.39 is 0 Å². The van der Waals surface area contributed by atoms with Crippen molar-refractivity contribution >= 4 is 33.3 Å². The van der Waals surface area contributed by atoms with Crippen molar-refractivity contribution in [3.05, 3.63) is 10.9 Å². The van der Waals surface area contributed by atoms with E-state index in [9.17, 15) is 0 Å². The lowest BCUT2D eigenvalue weighted by Crippen LogP contribution is -2.03. The standard InChI is InChI=1S/C11H16N4S/c1-4-7-6-8-9(13-5-2)14-11(12-3)15-10(8)16-7/h6H,4-5H2,1-3H3,(H2,12,13,14,15). The molecule has 2 rings (SSSR count).